The number of nitrogens with zero attached hydrogens (tertiary/aromatic N) is 2. The third kappa shape index (κ3) is 3.34. The van der Waals surface area contributed by atoms with E-state index in [1.54, 1.807) is 0 Å². The molecule has 0 aromatic carbocycles. The minimum absolute atomic E-state index is 0. The summed E-state index contributed by atoms with van der Waals surface area (Å²) in [7, 11) is 0. The Morgan fingerprint density at radius 2 is 2.17 bits per heavy atom. The van der Waals surface area contributed by atoms with Crippen molar-refractivity contribution in [1.82, 2.24) is 9.55 Å². The molecule has 3 nitrogen and oxygen atoms in total. The first-order valence-corrected chi connectivity index (χ1v) is 6.05. The highest BCUT2D eigenvalue weighted by atomic mass is 35.5. The molecular formula is C14H20ClN3. The molecule has 4 heteroatoms. The van der Waals surface area contributed by atoms with Crippen LogP contribution in [0.15, 0.2) is 36.7 Å². The van der Waals surface area contributed by atoms with Gasteiger partial charge in [0, 0.05) is 30.6 Å². The van der Waals surface area contributed by atoms with E-state index in [0.29, 0.717) is 0 Å². The Balaban J connectivity index is 0.00000162. The van der Waals surface area contributed by atoms with E-state index in [4.69, 9.17) is 5.73 Å². The molecule has 0 bridgehead atoms. The smallest absolute Gasteiger partial charge is 0.137 e. The second-order valence-corrected chi connectivity index (χ2v) is 4.43. The van der Waals surface area contributed by atoms with E-state index >= 15 is 0 Å². The third-order valence-electron chi connectivity index (χ3n) is 2.98. The number of hydrogen-bond acceptors (Lipinski definition) is 2. The largest absolute Gasteiger partial charge is 0.327 e. The van der Waals surface area contributed by atoms with Crippen LogP contribution in [0.25, 0.3) is 5.82 Å². The molecule has 2 heterocycles. The number of nitrogens with two attached hydrogens (primary N) is 1. The molecule has 2 aromatic heterocycles. The fourth-order valence-electron chi connectivity index (χ4n) is 1.87. The molecule has 0 aliphatic carbocycles. The zero-order valence-electron chi connectivity index (χ0n) is 10.8. The molecule has 2 rings (SSSR count). The summed E-state index contributed by atoms with van der Waals surface area (Å²) in [5.74, 6) is 0.966. The molecule has 0 aliphatic rings. The lowest BCUT2D eigenvalue weighted by Crippen LogP contribution is -2.22. The van der Waals surface area contributed by atoms with Gasteiger partial charge in [-0.25, -0.2) is 4.98 Å². The van der Waals surface area contributed by atoms with Gasteiger partial charge in [-0.15, -0.1) is 12.4 Å². The van der Waals surface area contributed by atoms with Crippen molar-refractivity contribution in [3.05, 3.63) is 47.9 Å². The zero-order chi connectivity index (χ0) is 12.3. The van der Waals surface area contributed by atoms with Gasteiger partial charge in [-0.05, 0) is 43.2 Å². The van der Waals surface area contributed by atoms with Gasteiger partial charge >= 0.3 is 0 Å². The number of aromatic nitrogens is 2. The van der Waals surface area contributed by atoms with Crippen LogP contribution in [-0.2, 0) is 6.42 Å². The van der Waals surface area contributed by atoms with Crippen LogP contribution in [0.4, 0.5) is 0 Å². The highest BCUT2D eigenvalue weighted by Crippen LogP contribution is 2.13. The van der Waals surface area contributed by atoms with Gasteiger partial charge in [-0.2, -0.15) is 0 Å². The van der Waals surface area contributed by atoms with Crippen LogP contribution in [-0.4, -0.2) is 15.6 Å². The lowest BCUT2D eigenvalue weighted by atomic mass is 10.1. The predicted octanol–water partition coefficient (Wildman–Crippen LogP) is 2.88. The van der Waals surface area contributed by atoms with Crippen molar-refractivity contribution in [3.63, 3.8) is 0 Å². The molecule has 1 atom stereocenters. The number of aryl methyl sites for hydroxylation is 1. The maximum atomic E-state index is 6.01. The number of pyridine rings is 1. The summed E-state index contributed by atoms with van der Waals surface area (Å²) in [4.78, 5) is 4.40. The molecule has 2 N–H and O–H groups in total. The number of hydrogen-bond donors (Lipinski definition) is 1. The summed E-state index contributed by atoms with van der Waals surface area (Å²) < 4.78 is 2.11. The van der Waals surface area contributed by atoms with Gasteiger partial charge in [-0.1, -0.05) is 6.92 Å². The van der Waals surface area contributed by atoms with Crippen LogP contribution in [0.1, 0.15) is 24.6 Å². The summed E-state index contributed by atoms with van der Waals surface area (Å²) >= 11 is 0. The van der Waals surface area contributed by atoms with E-state index in [-0.39, 0.29) is 18.4 Å². The van der Waals surface area contributed by atoms with Crippen LogP contribution in [0.3, 0.4) is 0 Å². The summed E-state index contributed by atoms with van der Waals surface area (Å²) in [6.45, 7) is 4.19. The molecule has 0 saturated carbocycles. The Morgan fingerprint density at radius 3 is 2.83 bits per heavy atom. The van der Waals surface area contributed by atoms with Gasteiger partial charge in [0.25, 0.3) is 0 Å². The summed E-state index contributed by atoms with van der Waals surface area (Å²) in [5.41, 5.74) is 8.44. The van der Waals surface area contributed by atoms with Gasteiger partial charge in [0.15, 0.2) is 0 Å². The van der Waals surface area contributed by atoms with Crippen LogP contribution >= 0.6 is 12.4 Å². The normalized spacial score (nSPS) is 11.9. The third-order valence-corrected chi connectivity index (χ3v) is 2.98. The molecule has 1 unspecified atom stereocenters. The van der Waals surface area contributed by atoms with Gasteiger partial charge in [0.2, 0.25) is 0 Å². The van der Waals surface area contributed by atoms with Crippen molar-refractivity contribution in [2.45, 2.75) is 32.7 Å². The Kier molecular flexibility index (Phi) is 5.38. The highest BCUT2D eigenvalue weighted by molar-refractivity contribution is 5.85. The van der Waals surface area contributed by atoms with Crippen molar-refractivity contribution < 1.29 is 0 Å². The van der Waals surface area contributed by atoms with E-state index in [1.165, 1.54) is 11.3 Å². The topological polar surface area (TPSA) is 43.8 Å². The second kappa shape index (κ2) is 6.57. The number of rotatable bonds is 4. The lowest BCUT2D eigenvalue weighted by Gasteiger charge is -2.12. The fraction of sp³-hybridized carbons (Fsp3) is 0.357. The molecule has 0 radical (unpaired) electrons. The Bertz CT molecular complexity index is 493. The van der Waals surface area contributed by atoms with E-state index in [0.717, 1.165) is 18.7 Å². The molecule has 18 heavy (non-hydrogen) atoms. The van der Waals surface area contributed by atoms with Crippen molar-refractivity contribution in [2.75, 3.05) is 0 Å². The maximum Gasteiger partial charge on any atom is 0.137 e. The van der Waals surface area contributed by atoms with Gasteiger partial charge < -0.3 is 10.3 Å². The van der Waals surface area contributed by atoms with Crippen LogP contribution in [0.5, 0.6) is 0 Å². The van der Waals surface area contributed by atoms with Gasteiger partial charge in [0.1, 0.15) is 5.82 Å². The molecule has 0 spiro atoms. The van der Waals surface area contributed by atoms with Crippen LogP contribution in [0.2, 0.25) is 0 Å². The standard InChI is InChI=1S/C14H19N3.ClH/c1-3-12(15)10-13-5-4-8-17(13)14-9-11(2)6-7-16-14;/h4-9,12H,3,10,15H2,1-2H3;1H. The minimum atomic E-state index is 0. The SMILES string of the molecule is CCC(N)Cc1cccn1-c1cc(C)ccn1.Cl. The molecule has 0 fully saturated rings. The number of halogens is 1. The molecule has 98 valence electrons. The average molecular weight is 266 g/mol. The van der Waals surface area contributed by atoms with E-state index in [1.807, 2.05) is 24.5 Å². The molecule has 0 amide bonds. The minimum Gasteiger partial charge on any atom is -0.327 e. The monoisotopic (exact) mass is 265 g/mol. The molecular weight excluding hydrogens is 246 g/mol. The van der Waals surface area contributed by atoms with Crippen molar-refractivity contribution in [1.29, 1.82) is 0 Å². The Labute approximate surface area is 114 Å². The second-order valence-electron chi connectivity index (χ2n) is 4.43. The maximum absolute atomic E-state index is 6.01. The predicted molar refractivity (Wildman–Crippen MR) is 77.5 cm³/mol. The quantitative estimate of drug-likeness (QED) is 0.924. The fourth-order valence-corrected chi connectivity index (χ4v) is 1.87. The van der Waals surface area contributed by atoms with Crippen LogP contribution in [0, 0.1) is 6.92 Å². The summed E-state index contributed by atoms with van der Waals surface area (Å²) in [5, 5.41) is 0. The first-order chi connectivity index (χ1) is 8.20. The van der Waals surface area contributed by atoms with E-state index in [9.17, 15) is 0 Å². The van der Waals surface area contributed by atoms with Gasteiger partial charge in [0.05, 0.1) is 0 Å². The average Bonchev–Trinajstić information content (AvgIpc) is 2.77. The van der Waals surface area contributed by atoms with Crippen LogP contribution < -0.4 is 5.73 Å². The summed E-state index contributed by atoms with van der Waals surface area (Å²) in [6.07, 6.45) is 5.76. The summed E-state index contributed by atoms with van der Waals surface area (Å²) in [6, 6.07) is 8.46. The van der Waals surface area contributed by atoms with Crippen molar-refractivity contribution >= 4 is 12.4 Å². The molecule has 0 aliphatic heterocycles. The zero-order valence-corrected chi connectivity index (χ0v) is 11.7. The van der Waals surface area contributed by atoms with Gasteiger partial charge in [-0.3, -0.25) is 0 Å². The van der Waals surface area contributed by atoms with E-state index < -0.39 is 0 Å². The highest BCUT2D eigenvalue weighted by Gasteiger charge is 2.08. The Morgan fingerprint density at radius 1 is 1.39 bits per heavy atom. The first-order valence-electron chi connectivity index (χ1n) is 6.05. The van der Waals surface area contributed by atoms with Crippen molar-refractivity contribution in [2.24, 2.45) is 5.73 Å². The molecule has 2 aromatic rings. The van der Waals surface area contributed by atoms with E-state index in [2.05, 4.69) is 35.5 Å². The lowest BCUT2D eigenvalue weighted by molar-refractivity contribution is 0.629. The molecule has 0 saturated heterocycles. The Hall–Kier alpha value is -1.32. The first kappa shape index (κ1) is 14.7. The van der Waals surface area contributed by atoms with Crippen molar-refractivity contribution in [3.8, 4) is 5.82 Å².